The topological polar surface area (TPSA) is 80.7 Å². The Balaban J connectivity index is 1.37. The largest absolute Gasteiger partial charge is 0.486 e. The van der Waals surface area contributed by atoms with Crippen LogP contribution in [0.1, 0.15) is 36.4 Å². The number of hydrogen-bond donors (Lipinski definition) is 0. The molecule has 32 heavy (non-hydrogen) atoms. The second-order valence-electron chi connectivity index (χ2n) is 8.72. The molecular weight excluding hydrogens is 430 g/mol. The predicted molar refractivity (Wildman–Crippen MR) is 119 cm³/mol. The Bertz CT molecular complexity index is 1200. The monoisotopic (exact) mass is 455 g/mol. The fourth-order valence-electron chi connectivity index (χ4n) is 5.12. The Kier molecular flexibility index (Phi) is 4.42. The van der Waals surface area contributed by atoms with E-state index in [-0.39, 0.29) is 6.04 Å². The van der Waals surface area contributed by atoms with Gasteiger partial charge in [0.05, 0.1) is 18.0 Å². The maximum absolute atomic E-state index is 12.1. The van der Waals surface area contributed by atoms with Gasteiger partial charge in [-0.1, -0.05) is 18.2 Å². The summed E-state index contributed by atoms with van der Waals surface area (Å²) in [6.45, 7) is 1.93. The molecule has 1 unspecified atom stereocenters. The number of hydrogen-bond acceptors (Lipinski definition) is 7. The van der Waals surface area contributed by atoms with Crippen LogP contribution in [0.2, 0.25) is 0 Å². The van der Waals surface area contributed by atoms with Gasteiger partial charge < -0.3 is 14.2 Å². The van der Waals surface area contributed by atoms with E-state index in [2.05, 4.69) is 11.1 Å². The standard InChI is InChI=1S/C23H25N3O5S/c1-32(27,28)25-10-8-23(9-11-25)26-19(17-4-2-3-5-20(17)31-23)15-18(24-26)16-6-7-21-22(14-16)30-13-12-29-21/h2-7,14,19H,8-13,15H2,1H3. The highest BCUT2D eigenvalue weighted by Crippen LogP contribution is 2.50. The van der Waals surface area contributed by atoms with Crippen LogP contribution in [0.15, 0.2) is 47.6 Å². The molecule has 168 valence electrons. The molecule has 8 nitrogen and oxygen atoms in total. The molecule has 1 atom stereocenters. The molecule has 1 saturated heterocycles. The summed E-state index contributed by atoms with van der Waals surface area (Å²) in [5.41, 5.74) is 2.43. The Morgan fingerprint density at radius 1 is 1.00 bits per heavy atom. The molecule has 4 aliphatic heterocycles. The van der Waals surface area contributed by atoms with Crippen molar-refractivity contribution in [3.05, 3.63) is 53.6 Å². The van der Waals surface area contributed by atoms with Crippen molar-refractivity contribution in [1.29, 1.82) is 0 Å². The quantitative estimate of drug-likeness (QED) is 0.693. The number of benzene rings is 2. The first-order valence-corrected chi connectivity index (χ1v) is 12.8. The van der Waals surface area contributed by atoms with Gasteiger partial charge in [-0.3, -0.25) is 0 Å². The molecule has 4 heterocycles. The molecule has 0 radical (unpaired) electrons. The fraction of sp³-hybridized carbons (Fsp3) is 0.435. The zero-order chi connectivity index (χ0) is 21.9. The molecule has 4 aliphatic rings. The van der Waals surface area contributed by atoms with Crippen LogP contribution in [0.3, 0.4) is 0 Å². The Morgan fingerprint density at radius 3 is 2.53 bits per heavy atom. The summed E-state index contributed by atoms with van der Waals surface area (Å²) in [4.78, 5) is 0. The highest BCUT2D eigenvalue weighted by atomic mass is 32.2. The summed E-state index contributed by atoms with van der Waals surface area (Å²) in [6, 6.07) is 14.1. The molecule has 0 aliphatic carbocycles. The second-order valence-corrected chi connectivity index (χ2v) is 10.7. The van der Waals surface area contributed by atoms with Gasteiger partial charge in [-0.25, -0.2) is 17.7 Å². The average molecular weight is 456 g/mol. The van der Waals surface area contributed by atoms with Gasteiger partial charge in [0.1, 0.15) is 19.0 Å². The van der Waals surface area contributed by atoms with Crippen molar-refractivity contribution in [2.45, 2.75) is 31.0 Å². The second kappa shape index (κ2) is 7.11. The number of sulfonamides is 1. The van der Waals surface area contributed by atoms with E-state index in [1.807, 2.05) is 36.4 Å². The van der Waals surface area contributed by atoms with Gasteiger partial charge >= 0.3 is 0 Å². The molecule has 0 bridgehead atoms. The van der Waals surface area contributed by atoms with Gasteiger partial charge in [0.2, 0.25) is 15.7 Å². The van der Waals surface area contributed by atoms with Crippen molar-refractivity contribution in [1.82, 2.24) is 9.31 Å². The zero-order valence-electron chi connectivity index (χ0n) is 17.9. The van der Waals surface area contributed by atoms with E-state index in [9.17, 15) is 8.42 Å². The summed E-state index contributed by atoms with van der Waals surface area (Å²) in [5.74, 6) is 2.36. The Morgan fingerprint density at radius 2 is 1.75 bits per heavy atom. The highest BCUT2D eigenvalue weighted by molar-refractivity contribution is 7.88. The lowest BCUT2D eigenvalue weighted by Gasteiger charge is -2.50. The van der Waals surface area contributed by atoms with E-state index in [0.29, 0.717) is 39.1 Å². The minimum atomic E-state index is -3.23. The molecule has 2 aromatic carbocycles. The summed E-state index contributed by atoms with van der Waals surface area (Å²) < 4.78 is 43.6. The van der Waals surface area contributed by atoms with E-state index in [0.717, 1.165) is 40.5 Å². The molecule has 1 spiro atoms. The van der Waals surface area contributed by atoms with Crippen molar-refractivity contribution in [2.24, 2.45) is 5.10 Å². The van der Waals surface area contributed by atoms with Gasteiger partial charge in [0.15, 0.2) is 11.5 Å². The Hall–Kier alpha value is -2.78. The number of piperidine rings is 1. The molecule has 0 N–H and O–H groups in total. The number of rotatable bonds is 2. The summed E-state index contributed by atoms with van der Waals surface area (Å²) in [7, 11) is -3.23. The van der Waals surface area contributed by atoms with E-state index >= 15 is 0 Å². The first-order chi connectivity index (χ1) is 15.4. The van der Waals surface area contributed by atoms with Crippen molar-refractivity contribution < 1.29 is 22.6 Å². The summed E-state index contributed by atoms with van der Waals surface area (Å²) in [6.07, 6.45) is 3.13. The average Bonchev–Trinajstić information content (AvgIpc) is 3.26. The maximum atomic E-state index is 12.1. The van der Waals surface area contributed by atoms with Crippen LogP contribution >= 0.6 is 0 Å². The van der Waals surface area contributed by atoms with Crippen molar-refractivity contribution in [3.8, 4) is 17.2 Å². The molecule has 9 heteroatoms. The smallest absolute Gasteiger partial charge is 0.211 e. The van der Waals surface area contributed by atoms with Crippen LogP contribution in [0, 0.1) is 0 Å². The van der Waals surface area contributed by atoms with Gasteiger partial charge in [0.25, 0.3) is 0 Å². The third-order valence-electron chi connectivity index (χ3n) is 6.75. The lowest BCUT2D eigenvalue weighted by molar-refractivity contribution is -0.143. The SMILES string of the molecule is CS(=O)(=O)N1CCC2(CC1)Oc1ccccc1C1CC(c3ccc4c(c3)OCCO4)=NN12. The first-order valence-electron chi connectivity index (χ1n) is 10.9. The number of fused-ring (bicyclic) bond motifs is 5. The third-order valence-corrected chi connectivity index (χ3v) is 8.06. The lowest BCUT2D eigenvalue weighted by atomic mass is 9.91. The molecule has 1 fully saturated rings. The third kappa shape index (κ3) is 3.14. The number of hydrazone groups is 1. The minimum absolute atomic E-state index is 0.0490. The van der Waals surface area contributed by atoms with Crippen molar-refractivity contribution in [2.75, 3.05) is 32.6 Å². The summed E-state index contributed by atoms with van der Waals surface area (Å²) in [5, 5.41) is 7.14. The van der Waals surface area contributed by atoms with E-state index in [1.165, 1.54) is 10.6 Å². The van der Waals surface area contributed by atoms with Crippen LogP contribution in [0.4, 0.5) is 0 Å². The minimum Gasteiger partial charge on any atom is -0.486 e. The fourth-order valence-corrected chi connectivity index (χ4v) is 5.97. The maximum Gasteiger partial charge on any atom is 0.211 e. The molecule has 2 aromatic rings. The number of nitrogens with zero attached hydrogens (tertiary/aromatic N) is 3. The van der Waals surface area contributed by atoms with E-state index in [1.54, 1.807) is 0 Å². The van der Waals surface area contributed by atoms with E-state index < -0.39 is 15.7 Å². The van der Waals surface area contributed by atoms with E-state index in [4.69, 9.17) is 19.3 Å². The Labute approximate surface area is 187 Å². The molecule has 0 amide bonds. The van der Waals surface area contributed by atoms with Crippen molar-refractivity contribution in [3.63, 3.8) is 0 Å². The lowest BCUT2D eigenvalue weighted by Crippen LogP contribution is -2.59. The van der Waals surface area contributed by atoms with Crippen LogP contribution in [0.25, 0.3) is 0 Å². The van der Waals surface area contributed by atoms with Gasteiger partial charge in [-0.05, 0) is 24.3 Å². The van der Waals surface area contributed by atoms with Gasteiger partial charge in [-0.2, -0.15) is 5.10 Å². The van der Waals surface area contributed by atoms with Crippen LogP contribution < -0.4 is 14.2 Å². The van der Waals surface area contributed by atoms with Crippen LogP contribution in [-0.2, 0) is 10.0 Å². The van der Waals surface area contributed by atoms with Crippen molar-refractivity contribution >= 4 is 15.7 Å². The van der Waals surface area contributed by atoms with Crippen LogP contribution in [0.5, 0.6) is 17.2 Å². The normalized spacial score (nSPS) is 23.8. The van der Waals surface area contributed by atoms with Gasteiger partial charge in [0, 0.05) is 43.5 Å². The summed E-state index contributed by atoms with van der Waals surface area (Å²) >= 11 is 0. The van der Waals surface area contributed by atoms with Crippen LogP contribution in [-0.4, -0.2) is 61.7 Å². The predicted octanol–water partition coefficient (Wildman–Crippen LogP) is 2.75. The first kappa shape index (κ1) is 19.9. The number of ether oxygens (including phenoxy) is 3. The van der Waals surface area contributed by atoms with Gasteiger partial charge in [-0.15, -0.1) is 0 Å². The number of para-hydroxylation sites is 1. The highest BCUT2D eigenvalue weighted by Gasteiger charge is 2.52. The zero-order valence-corrected chi connectivity index (χ0v) is 18.7. The molecule has 0 saturated carbocycles. The molecule has 6 rings (SSSR count). The molecular formula is C23H25N3O5S. The molecule has 0 aromatic heterocycles.